The second-order valence-corrected chi connectivity index (χ2v) is 8.73. The van der Waals surface area contributed by atoms with Gasteiger partial charge in [-0.3, -0.25) is 9.59 Å². The maximum Gasteiger partial charge on any atom is 0.238 e. The molecule has 3 aliphatic rings. The molecule has 0 radical (unpaired) electrons. The maximum absolute atomic E-state index is 13.7. The van der Waals surface area contributed by atoms with E-state index in [2.05, 4.69) is 36.4 Å². The largest absolute Gasteiger partial charge is 0.495 e. The number of hydrogen-bond acceptors (Lipinski definition) is 3. The first-order valence-electron chi connectivity index (χ1n) is 11.2. The van der Waals surface area contributed by atoms with Gasteiger partial charge in [0.2, 0.25) is 11.8 Å². The molecule has 2 fully saturated rings. The van der Waals surface area contributed by atoms with Crippen LogP contribution in [-0.2, 0) is 9.59 Å². The Morgan fingerprint density at radius 3 is 1.70 bits per heavy atom. The van der Waals surface area contributed by atoms with Gasteiger partial charge in [-0.25, -0.2) is 4.90 Å². The van der Waals surface area contributed by atoms with Gasteiger partial charge in [-0.05, 0) is 34.4 Å². The standard InChI is InChI=1S/C29H23NO3/c1-33-23-15-9-8-14-22(23)30-28(31)26-20-16-17-21(27(26)29(30)32)25(20)24(18-10-4-2-5-11-18)19-12-6-3-7-13-19/h2-17,20-21,26-27H,1H3/t20-,21-,26-,27+/m1/s1. The van der Waals surface area contributed by atoms with E-state index < -0.39 is 0 Å². The Balaban J connectivity index is 1.49. The first kappa shape index (κ1) is 19.7. The zero-order valence-electron chi connectivity index (χ0n) is 18.2. The van der Waals surface area contributed by atoms with Crippen molar-refractivity contribution in [3.8, 4) is 5.75 Å². The van der Waals surface area contributed by atoms with Crippen LogP contribution in [0.2, 0.25) is 0 Å². The molecule has 0 spiro atoms. The van der Waals surface area contributed by atoms with Crippen LogP contribution in [0, 0.1) is 23.7 Å². The average molecular weight is 434 g/mol. The third-order valence-corrected chi connectivity index (χ3v) is 7.16. The molecule has 2 bridgehead atoms. The van der Waals surface area contributed by atoms with Crippen LogP contribution in [0.15, 0.2) is 103 Å². The average Bonchev–Trinajstić information content (AvgIpc) is 3.50. The SMILES string of the molecule is COc1ccccc1N1C(=O)[C@@H]2[C@H](C1=O)[C@@H]1C=C[C@@H]2C1=C(c1ccccc1)c1ccccc1. The summed E-state index contributed by atoms with van der Waals surface area (Å²) in [7, 11) is 1.56. The number of benzene rings is 3. The fourth-order valence-corrected chi connectivity index (χ4v) is 5.86. The smallest absolute Gasteiger partial charge is 0.238 e. The van der Waals surface area contributed by atoms with Crippen LogP contribution < -0.4 is 9.64 Å². The molecular weight excluding hydrogens is 410 g/mol. The molecule has 1 saturated carbocycles. The summed E-state index contributed by atoms with van der Waals surface area (Å²) in [6.45, 7) is 0. The van der Waals surface area contributed by atoms with E-state index in [0.717, 1.165) is 16.7 Å². The van der Waals surface area contributed by atoms with E-state index in [0.29, 0.717) is 11.4 Å². The molecule has 0 unspecified atom stereocenters. The molecule has 6 rings (SSSR count). The van der Waals surface area contributed by atoms with E-state index in [1.807, 2.05) is 48.5 Å². The Bertz CT molecular complexity index is 1230. The molecule has 1 aliphatic heterocycles. The van der Waals surface area contributed by atoms with Gasteiger partial charge in [0.05, 0.1) is 24.6 Å². The van der Waals surface area contributed by atoms with Crippen LogP contribution in [0.25, 0.3) is 5.57 Å². The third kappa shape index (κ3) is 2.83. The van der Waals surface area contributed by atoms with Crippen molar-refractivity contribution in [1.29, 1.82) is 0 Å². The van der Waals surface area contributed by atoms with Crippen molar-refractivity contribution in [2.24, 2.45) is 23.7 Å². The lowest BCUT2D eigenvalue weighted by Crippen LogP contribution is -2.33. The van der Waals surface area contributed by atoms with E-state index in [1.54, 1.807) is 19.2 Å². The highest BCUT2D eigenvalue weighted by atomic mass is 16.5. The summed E-state index contributed by atoms with van der Waals surface area (Å²) >= 11 is 0. The molecule has 4 nitrogen and oxygen atoms in total. The second-order valence-electron chi connectivity index (χ2n) is 8.73. The summed E-state index contributed by atoms with van der Waals surface area (Å²) in [5.41, 5.74) is 5.07. The van der Waals surface area contributed by atoms with Crippen molar-refractivity contribution >= 4 is 23.1 Å². The molecular formula is C29H23NO3. The van der Waals surface area contributed by atoms with E-state index in [4.69, 9.17) is 4.74 Å². The fourth-order valence-electron chi connectivity index (χ4n) is 5.86. The molecule has 4 atom stereocenters. The van der Waals surface area contributed by atoms with E-state index in [9.17, 15) is 9.59 Å². The van der Waals surface area contributed by atoms with E-state index >= 15 is 0 Å². The number of carbonyl (C=O) groups is 2. The molecule has 0 aromatic heterocycles. The predicted molar refractivity (Wildman–Crippen MR) is 127 cm³/mol. The molecule has 2 aliphatic carbocycles. The quantitative estimate of drug-likeness (QED) is 0.424. The number of amides is 2. The number of methoxy groups -OCH3 is 1. The van der Waals surface area contributed by atoms with Gasteiger partial charge in [0.25, 0.3) is 0 Å². The Hall–Kier alpha value is -3.92. The Morgan fingerprint density at radius 1 is 0.697 bits per heavy atom. The number of para-hydroxylation sites is 2. The van der Waals surface area contributed by atoms with Crippen molar-refractivity contribution in [3.05, 3.63) is 114 Å². The van der Waals surface area contributed by atoms with Crippen molar-refractivity contribution in [3.63, 3.8) is 0 Å². The van der Waals surface area contributed by atoms with E-state index in [-0.39, 0.29) is 35.5 Å². The van der Waals surface area contributed by atoms with Crippen LogP contribution in [-0.4, -0.2) is 18.9 Å². The number of nitrogens with zero attached hydrogens (tertiary/aromatic N) is 1. The number of imide groups is 1. The molecule has 3 aromatic rings. The van der Waals surface area contributed by atoms with Gasteiger partial charge in [-0.1, -0.05) is 84.9 Å². The first-order chi connectivity index (χ1) is 16.2. The van der Waals surface area contributed by atoms with Gasteiger partial charge >= 0.3 is 0 Å². The van der Waals surface area contributed by atoms with E-state index in [1.165, 1.54) is 10.5 Å². The van der Waals surface area contributed by atoms with Gasteiger partial charge in [0.15, 0.2) is 0 Å². The summed E-state index contributed by atoms with van der Waals surface area (Å²) in [5.74, 6) is -0.680. The highest BCUT2D eigenvalue weighted by molar-refractivity contribution is 6.24. The summed E-state index contributed by atoms with van der Waals surface area (Å²) < 4.78 is 5.45. The normalized spacial score (nSPS) is 25.0. The van der Waals surface area contributed by atoms with Crippen LogP contribution in [0.4, 0.5) is 5.69 Å². The maximum atomic E-state index is 13.7. The number of rotatable bonds is 4. The van der Waals surface area contributed by atoms with Gasteiger partial charge in [-0.15, -0.1) is 0 Å². The minimum Gasteiger partial charge on any atom is -0.495 e. The monoisotopic (exact) mass is 433 g/mol. The topological polar surface area (TPSA) is 46.6 Å². The lowest BCUT2D eigenvalue weighted by Gasteiger charge is -2.22. The number of carbonyl (C=O) groups excluding carboxylic acids is 2. The van der Waals surface area contributed by atoms with Crippen LogP contribution in [0.1, 0.15) is 11.1 Å². The van der Waals surface area contributed by atoms with Crippen LogP contribution >= 0.6 is 0 Å². The van der Waals surface area contributed by atoms with Gasteiger partial charge in [-0.2, -0.15) is 0 Å². The fraction of sp³-hybridized carbons (Fsp3) is 0.172. The highest BCUT2D eigenvalue weighted by Crippen LogP contribution is 2.59. The highest BCUT2D eigenvalue weighted by Gasteiger charge is 2.62. The number of ether oxygens (including phenoxy) is 1. The summed E-state index contributed by atoms with van der Waals surface area (Å²) in [5, 5.41) is 0. The summed E-state index contributed by atoms with van der Waals surface area (Å²) in [6, 6.07) is 27.8. The van der Waals surface area contributed by atoms with Gasteiger partial charge < -0.3 is 4.74 Å². The van der Waals surface area contributed by atoms with Crippen LogP contribution in [0.5, 0.6) is 5.75 Å². The lowest BCUT2D eigenvalue weighted by molar-refractivity contribution is -0.123. The Labute approximate surface area is 192 Å². The van der Waals surface area contributed by atoms with Crippen LogP contribution in [0.3, 0.4) is 0 Å². The molecule has 1 heterocycles. The zero-order valence-corrected chi connectivity index (χ0v) is 18.2. The molecule has 1 saturated heterocycles. The molecule has 162 valence electrons. The number of allylic oxidation sites excluding steroid dienone is 3. The minimum absolute atomic E-state index is 0.0911. The van der Waals surface area contributed by atoms with Crippen molar-refractivity contribution in [2.75, 3.05) is 12.0 Å². The predicted octanol–water partition coefficient (Wildman–Crippen LogP) is 5.12. The number of hydrogen-bond donors (Lipinski definition) is 0. The molecule has 4 heteroatoms. The Kier molecular flexibility index (Phi) is 4.54. The number of anilines is 1. The molecule has 3 aromatic carbocycles. The summed E-state index contributed by atoms with van der Waals surface area (Å²) in [6.07, 6.45) is 4.26. The molecule has 0 N–H and O–H groups in total. The molecule has 2 amide bonds. The van der Waals surface area contributed by atoms with Crippen molar-refractivity contribution < 1.29 is 14.3 Å². The lowest BCUT2D eigenvalue weighted by atomic mass is 9.85. The number of fused-ring (bicyclic) bond motifs is 5. The van der Waals surface area contributed by atoms with Crippen molar-refractivity contribution in [2.45, 2.75) is 0 Å². The van der Waals surface area contributed by atoms with Gasteiger partial charge in [0, 0.05) is 11.8 Å². The first-order valence-corrected chi connectivity index (χ1v) is 11.2. The van der Waals surface area contributed by atoms with Crippen molar-refractivity contribution in [1.82, 2.24) is 0 Å². The summed E-state index contributed by atoms with van der Waals surface area (Å²) in [4.78, 5) is 28.7. The zero-order chi connectivity index (χ0) is 22.5. The third-order valence-electron chi connectivity index (χ3n) is 7.16. The molecule has 33 heavy (non-hydrogen) atoms. The Morgan fingerprint density at radius 2 is 1.18 bits per heavy atom. The minimum atomic E-state index is -0.380. The van der Waals surface area contributed by atoms with Gasteiger partial charge in [0.1, 0.15) is 5.75 Å². The second kappa shape index (κ2) is 7.59.